The number of halogens is 1. The number of carbonyl (C=O) groups is 2. The SMILES string of the molecule is O=C(CNC(=O)c1cccc(Cl)c1)NCC12CC3CC(CC(C3)C1)C2. The second kappa shape index (κ2) is 6.64. The normalized spacial score (nSPS) is 32.4. The molecule has 2 amide bonds. The lowest BCUT2D eigenvalue weighted by molar-refractivity contribution is -0.122. The standard InChI is InChI=1S/C20H25ClN2O2/c21-17-3-1-2-16(7-17)19(25)22-11-18(24)23-12-20-8-13-4-14(9-20)6-15(5-13)10-20/h1-3,7,13-15H,4-6,8-12H2,(H,22,25)(H,23,24). The summed E-state index contributed by atoms with van der Waals surface area (Å²) >= 11 is 5.89. The summed E-state index contributed by atoms with van der Waals surface area (Å²) in [7, 11) is 0. The average Bonchev–Trinajstić information content (AvgIpc) is 2.57. The van der Waals surface area contributed by atoms with Crippen molar-refractivity contribution in [3.63, 3.8) is 0 Å². The molecule has 2 N–H and O–H groups in total. The minimum Gasteiger partial charge on any atom is -0.354 e. The van der Waals surface area contributed by atoms with Gasteiger partial charge in [-0.2, -0.15) is 0 Å². The van der Waals surface area contributed by atoms with Crippen LogP contribution in [0.5, 0.6) is 0 Å². The van der Waals surface area contributed by atoms with E-state index in [0.717, 1.165) is 24.3 Å². The molecule has 4 aliphatic carbocycles. The van der Waals surface area contributed by atoms with Gasteiger partial charge in [0.1, 0.15) is 0 Å². The number of carbonyl (C=O) groups excluding carboxylic acids is 2. The van der Waals surface area contributed by atoms with E-state index in [1.54, 1.807) is 24.3 Å². The summed E-state index contributed by atoms with van der Waals surface area (Å²) in [5.41, 5.74) is 0.794. The molecule has 4 aliphatic rings. The third kappa shape index (κ3) is 3.69. The van der Waals surface area contributed by atoms with Crippen LogP contribution in [0.1, 0.15) is 48.9 Å². The van der Waals surface area contributed by atoms with E-state index >= 15 is 0 Å². The van der Waals surface area contributed by atoms with Gasteiger partial charge >= 0.3 is 0 Å². The summed E-state index contributed by atoms with van der Waals surface area (Å²) in [6.45, 7) is 0.778. The molecule has 0 aliphatic heterocycles. The third-order valence-corrected chi connectivity index (χ3v) is 6.56. The lowest BCUT2D eigenvalue weighted by Gasteiger charge is -2.56. The van der Waals surface area contributed by atoms with Crippen molar-refractivity contribution >= 4 is 23.4 Å². The second-order valence-electron chi connectivity index (χ2n) is 8.39. The maximum atomic E-state index is 12.2. The molecular weight excluding hydrogens is 336 g/mol. The number of nitrogens with one attached hydrogen (secondary N) is 2. The van der Waals surface area contributed by atoms with Gasteiger partial charge in [-0.05, 0) is 79.9 Å². The predicted molar refractivity (Wildman–Crippen MR) is 97.4 cm³/mol. The first-order valence-electron chi connectivity index (χ1n) is 9.32. The molecule has 0 radical (unpaired) electrons. The minimum atomic E-state index is -0.271. The monoisotopic (exact) mass is 360 g/mol. The lowest BCUT2D eigenvalue weighted by atomic mass is 9.49. The molecule has 0 unspecified atom stereocenters. The average molecular weight is 361 g/mol. The first kappa shape index (κ1) is 16.9. The first-order chi connectivity index (χ1) is 12.0. The van der Waals surface area contributed by atoms with Crippen molar-refractivity contribution in [2.24, 2.45) is 23.2 Å². The summed E-state index contributed by atoms with van der Waals surface area (Å²) in [4.78, 5) is 24.3. The zero-order valence-electron chi connectivity index (χ0n) is 14.4. The number of benzene rings is 1. The predicted octanol–water partition coefficient (Wildman–Crippen LogP) is 3.40. The smallest absolute Gasteiger partial charge is 0.251 e. The summed E-state index contributed by atoms with van der Waals surface area (Å²) in [6.07, 6.45) is 8.03. The van der Waals surface area contributed by atoms with Gasteiger partial charge in [-0.3, -0.25) is 9.59 Å². The summed E-state index contributed by atoms with van der Waals surface area (Å²) in [5, 5.41) is 6.27. The lowest BCUT2D eigenvalue weighted by Crippen LogP contribution is -2.52. The van der Waals surface area contributed by atoms with Gasteiger partial charge < -0.3 is 10.6 Å². The number of hydrogen-bond acceptors (Lipinski definition) is 2. The maximum Gasteiger partial charge on any atom is 0.251 e. The van der Waals surface area contributed by atoms with Crippen LogP contribution in [0.3, 0.4) is 0 Å². The van der Waals surface area contributed by atoms with Crippen LogP contribution in [0, 0.1) is 23.2 Å². The summed E-state index contributed by atoms with van der Waals surface area (Å²) in [6, 6.07) is 6.74. The summed E-state index contributed by atoms with van der Waals surface area (Å²) < 4.78 is 0. The highest BCUT2D eigenvalue weighted by Gasteiger charge is 2.50. The largest absolute Gasteiger partial charge is 0.354 e. The van der Waals surface area contributed by atoms with Crippen molar-refractivity contribution in [3.8, 4) is 0 Å². The molecule has 0 heterocycles. The van der Waals surface area contributed by atoms with Gasteiger partial charge in [-0.15, -0.1) is 0 Å². The Bertz CT molecular complexity index is 653. The first-order valence-corrected chi connectivity index (χ1v) is 9.70. The van der Waals surface area contributed by atoms with E-state index in [9.17, 15) is 9.59 Å². The van der Waals surface area contributed by atoms with Crippen LogP contribution in [0.4, 0.5) is 0 Å². The summed E-state index contributed by atoms with van der Waals surface area (Å²) in [5.74, 6) is 2.26. The number of amides is 2. The highest BCUT2D eigenvalue weighted by Crippen LogP contribution is 2.59. The molecule has 1 aromatic carbocycles. The van der Waals surface area contributed by atoms with Gasteiger partial charge in [-0.25, -0.2) is 0 Å². The van der Waals surface area contributed by atoms with Crippen molar-refractivity contribution in [1.29, 1.82) is 0 Å². The van der Waals surface area contributed by atoms with Gasteiger partial charge in [0.05, 0.1) is 6.54 Å². The molecule has 0 saturated heterocycles. The Morgan fingerprint density at radius 2 is 1.68 bits per heavy atom. The minimum absolute atomic E-state index is 0.0116. The molecule has 5 rings (SSSR count). The Labute approximate surface area is 153 Å². The molecule has 4 saturated carbocycles. The molecule has 0 atom stereocenters. The van der Waals surface area contributed by atoms with E-state index in [1.807, 2.05) is 0 Å². The van der Waals surface area contributed by atoms with Crippen LogP contribution in [0.2, 0.25) is 5.02 Å². The molecule has 4 bridgehead atoms. The number of hydrogen-bond donors (Lipinski definition) is 2. The second-order valence-corrected chi connectivity index (χ2v) is 8.82. The molecule has 0 spiro atoms. The van der Waals surface area contributed by atoms with Crippen molar-refractivity contribution in [2.45, 2.75) is 38.5 Å². The highest BCUT2D eigenvalue weighted by molar-refractivity contribution is 6.30. The Morgan fingerprint density at radius 1 is 1.04 bits per heavy atom. The van der Waals surface area contributed by atoms with Gasteiger partial charge in [0.25, 0.3) is 5.91 Å². The fourth-order valence-electron chi connectivity index (χ4n) is 5.75. The Kier molecular flexibility index (Phi) is 4.48. The van der Waals surface area contributed by atoms with E-state index in [-0.39, 0.29) is 18.4 Å². The molecule has 1 aromatic rings. The van der Waals surface area contributed by atoms with E-state index in [0.29, 0.717) is 16.0 Å². The van der Waals surface area contributed by atoms with Crippen LogP contribution >= 0.6 is 11.6 Å². The van der Waals surface area contributed by atoms with Gasteiger partial charge in [0.2, 0.25) is 5.91 Å². The Balaban J connectivity index is 1.26. The van der Waals surface area contributed by atoms with Gasteiger partial charge in [0.15, 0.2) is 0 Å². The van der Waals surface area contributed by atoms with E-state index < -0.39 is 0 Å². The molecule has 4 nitrogen and oxygen atoms in total. The van der Waals surface area contributed by atoms with Crippen molar-refractivity contribution in [1.82, 2.24) is 10.6 Å². The van der Waals surface area contributed by atoms with Crippen LogP contribution in [0.25, 0.3) is 0 Å². The molecule has 0 aromatic heterocycles. The highest BCUT2D eigenvalue weighted by atomic mass is 35.5. The third-order valence-electron chi connectivity index (χ3n) is 6.32. The maximum absolute atomic E-state index is 12.2. The van der Waals surface area contributed by atoms with Crippen LogP contribution in [-0.4, -0.2) is 24.9 Å². The topological polar surface area (TPSA) is 58.2 Å². The van der Waals surface area contributed by atoms with E-state index in [1.165, 1.54) is 38.5 Å². The zero-order valence-corrected chi connectivity index (χ0v) is 15.1. The Morgan fingerprint density at radius 3 is 2.28 bits per heavy atom. The molecular formula is C20H25ClN2O2. The van der Waals surface area contributed by atoms with Crippen LogP contribution < -0.4 is 10.6 Å². The quantitative estimate of drug-likeness (QED) is 0.845. The fraction of sp³-hybridized carbons (Fsp3) is 0.600. The molecule has 5 heteroatoms. The van der Waals surface area contributed by atoms with E-state index in [2.05, 4.69) is 10.6 Å². The molecule has 134 valence electrons. The van der Waals surface area contributed by atoms with Crippen molar-refractivity contribution in [3.05, 3.63) is 34.9 Å². The van der Waals surface area contributed by atoms with E-state index in [4.69, 9.17) is 11.6 Å². The van der Waals surface area contributed by atoms with Crippen molar-refractivity contribution in [2.75, 3.05) is 13.1 Å². The number of rotatable bonds is 5. The van der Waals surface area contributed by atoms with Crippen molar-refractivity contribution < 1.29 is 9.59 Å². The van der Waals surface area contributed by atoms with Gasteiger partial charge in [-0.1, -0.05) is 17.7 Å². The fourth-order valence-corrected chi connectivity index (χ4v) is 5.94. The Hall–Kier alpha value is -1.55. The van der Waals surface area contributed by atoms with Gasteiger partial charge in [0, 0.05) is 17.1 Å². The van der Waals surface area contributed by atoms with Crippen LogP contribution in [-0.2, 0) is 4.79 Å². The molecule has 25 heavy (non-hydrogen) atoms. The zero-order chi connectivity index (χ0) is 17.4. The molecule has 4 fully saturated rings. The van der Waals surface area contributed by atoms with Crippen LogP contribution in [0.15, 0.2) is 24.3 Å².